The standard InChI is InChI=1S/C12H27NO/c1-2-3-4-5-8-11-14-12-9-6-7-10-13/h2-13H2,1H3. The molecule has 0 atom stereocenters. The second kappa shape index (κ2) is 12.9. The second-order valence-corrected chi connectivity index (χ2v) is 3.88. The molecule has 0 amide bonds. The van der Waals surface area contributed by atoms with E-state index in [1.165, 1.54) is 44.9 Å². The Morgan fingerprint density at radius 1 is 0.786 bits per heavy atom. The molecule has 0 aliphatic rings. The van der Waals surface area contributed by atoms with Gasteiger partial charge in [-0.1, -0.05) is 32.6 Å². The Balaban J connectivity index is 2.78. The monoisotopic (exact) mass is 201 g/mol. The average molecular weight is 201 g/mol. The van der Waals surface area contributed by atoms with Crippen molar-refractivity contribution in [2.24, 2.45) is 5.73 Å². The molecular formula is C12H27NO. The summed E-state index contributed by atoms with van der Waals surface area (Å²) in [6, 6.07) is 0. The van der Waals surface area contributed by atoms with Gasteiger partial charge in [0.05, 0.1) is 0 Å². The predicted molar refractivity (Wildman–Crippen MR) is 62.5 cm³/mol. The fourth-order valence-corrected chi connectivity index (χ4v) is 1.43. The zero-order valence-corrected chi connectivity index (χ0v) is 9.76. The van der Waals surface area contributed by atoms with Gasteiger partial charge in [0.2, 0.25) is 0 Å². The first-order valence-corrected chi connectivity index (χ1v) is 6.19. The largest absolute Gasteiger partial charge is 0.381 e. The summed E-state index contributed by atoms with van der Waals surface area (Å²) >= 11 is 0. The molecule has 0 bridgehead atoms. The fraction of sp³-hybridized carbons (Fsp3) is 1.00. The predicted octanol–water partition coefficient (Wildman–Crippen LogP) is 3.10. The Kier molecular flexibility index (Phi) is 12.8. The molecule has 0 saturated heterocycles. The van der Waals surface area contributed by atoms with Crippen LogP contribution in [-0.4, -0.2) is 19.8 Å². The van der Waals surface area contributed by atoms with Gasteiger partial charge in [0, 0.05) is 13.2 Å². The van der Waals surface area contributed by atoms with Gasteiger partial charge in [0.25, 0.3) is 0 Å². The van der Waals surface area contributed by atoms with Gasteiger partial charge in [-0.25, -0.2) is 0 Å². The van der Waals surface area contributed by atoms with E-state index in [0.717, 1.165) is 26.2 Å². The number of hydrogen-bond donors (Lipinski definition) is 1. The third kappa shape index (κ3) is 11.9. The first-order chi connectivity index (χ1) is 6.91. The lowest BCUT2D eigenvalue weighted by atomic mass is 10.2. The van der Waals surface area contributed by atoms with Crippen molar-refractivity contribution in [2.45, 2.75) is 58.3 Å². The van der Waals surface area contributed by atoms with Gasteiger partial charge < -0.3 is 10.5 Å². The molecule has 0 aromatic carbocycles. The molecule has 0 aromatic heterocycles. The van der Waals surface area contributed by atoms with Crippen LogP contribution in [0.5, 0.6) is 0 Å². The van der Waals surface area contributed by atoms with E-state index in [1.807, 2.05) is 0 Å². The molecule has 0 unspecified atom stereocenters. The molecule has 0 heterocycles. The number of hydrogen-bond acceptors (Lipinski definition) is 2. The van der Waals surface area contributed by atoms with E-state index in [4.69, 9.17) is 10.5 Å². The third-order valence-corrected chi connectivity index (χ3v) is 2.39. The highest BCUT2D eigenvalue weighted by Crippen LogP contribution is 2.02. The summed E-state index contributed by atoms with van der Waals surface area (Å²) in [5, 5.41) is 0. The molecule has 0 aromatic rings. The van der Waals surface area contributed by atoms with Crippen LogP contribution >= 0.6 is 0 Å². The van der Waals surface area contributed by atoms with E-state index < -0.39 is 0 Å². The molecule has 0 fully saturated rings. The molecule has 0 spiro atoms. The maximum Gasteiger partial charge on any atom is 0.0466 e. The second-order valence-electron chi connectivity index (χ2n) is 3.88. The van der Waals surface area contributed by atoms with Crippen molar-refractivity contribution in [2.75, 3.05) is 19.8 Å². The summed E-state index contributed by atoms with van der Waals surface area (Å²) in [6.45, 7) is 4.94. The summed E-state index contributed by atoms with van der Waals surface area (Å²) in [7, 11) is 0. The van der Waals surface area contributed by atoms with Crippen LogP contribution in [0, 0.1) is 0 Å². The van der Waals surface area contributed by atoms with Crippen LogP contribution in [-0.2, 0) is 4.74 Å². The summed E-state index contributed by atoms with van der Waals surface area (Å²) in [6.07, 6.45) is 10.1. The topological polar surface area (TPSA) is 35.2 Å². The average Bonchev–Trinajstić information content (AvgIpc) is 2.21. The van der Waals surface area contributed by atoms with Crippen LogP contribution in [0.3, 0.4) is 0 Å². The lowest BCUT2D eigenvalue weighted by molar-refractivity contribution is 0.126. The van der Waals surface area contributed by atoms with Gasteiger partial charge in [-0.2, -0.15) is 0 Å². The zero-order chi connectivity index (χ0) is 10.5. The SMILES string of the molecule is CCCCCCCOCCCCCN. The number of nitrogens with two attached hydrogens (primary N) is 1. The molecule has 0 saturated carbocycles. The summed E-state index contributed by atoms with van der Waals surface area (Å²) in [5.74, 6) is 0. The van der Waals surface area contributed by atoms with Gasteiger partial charge in [-0.05, 0) is 32.2 Å². The molecule has 0 rings (SSSR count). The van der Waals surface area contributed by atoms with Crippen LogP contribution < -0.4 is 5.73 Å². The summed E-state index contributed by atoms with van der Waals surface area (Å²) in [4.78, 5) is 0. The summed E-state index contributed by atoms with van der Waals surface area (Å²) < 4.78 is 5.52. The fourth-order valence-electron chi connectivity index (χ4n) is 1.43. The van der Waals surface area contributed by atoms with Crippen LogP contribution in [0.4, 0.5) is 0 Å². The van der Waals surface area contributed by atoms with Crippen LogP contribution in [0.1, 0.15) is 58.3 Å². The van der Waals surface area contributed by atoms with E-state index in [2.05, 4.69) is 6.92 Å². The van der Waals surface area contributed by atoms with E-state index in [9.17, 15) is 0 Å². The molecule has 2 N–H and O–H groups in total. The van der Waals surface area contributed by atoms with Crippen molar-refractivity contribution in [1.82, 2.24) is 0 Å². The molecule has 0 radical (unpaired) electrons. The minimum Gasteiger partial charge on any atom is -0.381 e. The number of rotatable bonds is 11. The Morgan fingerprint density at radius 3 is 1.93 bits per heavy atom. The van der Waals surface area contributed by atoms with E-state index in [0.29, 0.717) is 0 Å². The lowest BCUT2D eigenvalue weighted by Gasteiger charge is -2.03. The highest BCUT2D eigenvalue weighted by molar-refractivity contribution is 4.44. The Labute approximate surface area is 89.2 Å². The molecule has 2 heteroatoms. The Bertz CT molecular complexity index is 84.3. The molecular weight excluding hydrogens is 174 g/mol. The lowest BCUT2D eigenvalue weighted by Crippen LogP contribution is -2.01. The van der Waals surface area contributed by atoms with Crippen LogP contribution in [0.15, 0.2) is 0 Å². The van der Waals surface area contributed by atoms with Crippen LogP contribution in [0.2, 0.25) is 0 Å². The van der Waals surface area contributed by atoms with Crippen molar-refractivity contribution >= 4 is 0 Å². The van der Waals surface area contributed by atoms with Gasteiger partial charge >= 0.3 is 0 Å². The van der Waals surface area contributed by atoms with Crippen molar-refractivity contribution in [3.05, 3.63) is 0 Å². The normalized spacial score (nSPS) is 10.7. The molecule has 86 valence electrons. The minimum absolute atomic E-state index is 0.816. The smallest absolute Gasteiger partial charge is 0.0466 e. The maximum atomic E-state index is 5.52. The highest BCUT2D eigenvalue weighted by Gasteiger charge is 1.91. The third-order valence-electron chi connectivity index (χ3n) is 2.39. The minimum atomic E-state index is 0.816. The molecule has 0 aliphatic heterocycles. The first kappa shape index (κ1) is 13.9. The first-order valence-electron chi connectivity index (χ1n) is 6.19. The number of ether oxygens (including phenoxy) is 1. The van der Waals surface area contributed by atoms with Crippen LogP contribution in [0.25, 0.3) is 0 Å². The summed E-state index contributed by atoms with van der Waals surface area (Å²) in [5.41, 5.74) is 5.40. The number of unbranched alkanes of at least 4 members (excludes halogenated alkanes) is 6. The van der Waals surface area contributed by atoms with E-state index in [-0.39, 0.29) is 0 Å². The Morgan fingerprint density at radius 2 is 1.36 bits per heavy atom. The maximum absolute atomic E-state index is 5.52. The Hall–Kier alpha value is -0.0800. The zero-order valence-electron chi connectivity index (χ0n) is 9.76. The van der Waals surface area contributed by atoms with Gasteiger partial charge in [0.1, 0.15) is 0 Å². The highest BCUT2D eigenvalue weighted by atomic mass is 16.5. The molecule has 14 heavy (non-hydrogen) atoms. The molecule has 2 nitrogen and oxygen atoms in total. The van der Waals surface area contributed by atoms with Crippen molar-refractivity contribution in [3.8, 4) is 0 Å². The van der Waals surface area contributed by atoms with Gasteiger partial charge in [0.15, 0.2) is 0 Å². The quantitative estimate of drug-likeness (QED) is 0.521. The van der Waals surface area contributed by atoms with Gasteiger partial charge in [-0.15, -0.1) is 0 Å². The van der Waals surface area contributed by atoms with E-state index >= 15 is 0 Å². The molecule has 0 aliphatic carbocycles. The van der Waals surface area contributed by atoms with Gasteiger partial charge in [-0.3, -0.25) is 0 Å². The van der Waals surface area contributed by atoms with Crippen molar-refractivity contribution in [3.63, 3.8) is 0 Å². The van der Waals surface area contributed by atoms with E-state index in [1.54, 1.807) is 0 Å². The van der Waals surface area contributed by atoms with Crippen molar-refractivity contribution < 1.29 is 4.74 Å². The van der Waals surface area contributed by atoms with Crippen molar-refractivity contribution in [1.29, 1.82) is 0 Å².